The zero-order valence-corrected chi connectivity index (χ0v) is 25.3. The quantitative estimate of drug-likeness (QED) is 0.0470. The summed E-state index contributed by atoms with van der Waals surface area (Å²) < 4.78 is 0. The van der Waals surface area contributed by atoms with Gasteiger partial charge in [-0.2, -0.15) is 0 Å². The summed E-state index contributed by atoms with van der Waals surface area (Å²) in [6, 6.07) is 4.05. The second-order valence-corrected chi connectivity index (χ2v) is 11.1. The maximum absolute atomic E-state index is 11.3. The number of alkyl halides is 2. The van der Waals surface area contributed by atoms with Gasteiger partial charge in [-0.1, -0.05) is 120 Å². The molecule has 40 heavy (non-hydrogen) atoms. The van der Waals surface area contributed by atoms with Crippen molar-refractivity contribution in [1.29, 1.82) is 0 Å². The second kappa shape index (κ2) is 24.8. The highest BCUT2D eigenvalue weighted by Crippen LogP contribution is 2.21. The predicted octanol–water partition coefficient (Wildman–Crippen LogP) is 7.24. The Morgan fingerprint density at radius 2 is 1.27 bits per heavy atom. The van der Waals surface area contributed by atoms with Gasteiger partial charge in [-0.25, -0.2) is 0 Å². The molecule has 1 aromatic rings. The van der Waals surface area contributed by atoms with E-state index in [-0.39, 0.29) is 5.69 Å². The van der Waals surface area contributed by atoms with Gasteiger partial charge in [0.1, 0.15) is 6.10 Å². The summed E-state index contributed by atoms with van der Waals surface area (Å²) in [5.41, 5.74) is 0.169. The van der Waals surface area contributed by atoms with Crippen LogP contribution in [-0.4, -0.2) is 49.6 Å². The van der Waals surface area contributed by atoms with Gasteiger partial charge >= 0.3 is 5.97 Å². The maximum atomic E-state index is 11.3. The highest BCUT2D eigenvalue weighted by molar-refractivity contribution is 6.53. The van der Waals surface area contributed by atoms with Crippen LogP contribution in [0.4, 0.5) is 5.69 Å². The van der Waals surface area contributed by atoms with Crippen molar-refractivity contribution < 1.29 is 29.8 Å². The Hall–Kier alpha value is -1.94. The molecule has 0 aliphatic rings. The van der Waals surface area contributed by atoms with Gasteiger partial charge in [-0.3, -0.25) is 19.7 Å². The fraction of sp³-hybridized carbons (Fsp3) is 0.724. The van der Waals surface area contributed by atoms with E-state index in [1.165, 1.54) is 108 Å². The molecule has 0 saturated heterocycles. The molecule has 9 nitrogen and oxygen atoms in total. The largest absolute Gasteiger partial charge is 0.481 e. The van der Waals surface area contributed by atoms with Crippen molar-refractivity contribution in [3.63, 3.8) is 0 Å². The number of carboxylic acids is 1. The molecular weight excluding hydrogens is 559 g/mol. The summed E-state index contributed by atoms with van der Waals surface area (Å²) in [6.07, 6.45) is 18.9. The van der Waals surface area contributed by atoms with Gasteiger partial charge in [0.05, 0.1) is 17.6 Å². The number of aliphatic hydroxyl groups excluding tert-OH is 2. The van der Waals surface area contributed by atoms with Gasteiger partial charge in [0.25, 0.3) is 11.6 Å². The highest BCUT2D eigenvalue weighted by atomic mass is 35.5. The van der Waals surface area contributed by atoms with Gasteiger partial charge in [0, 0.05) is 18.6 Å². The first kappa shape index (κ1) is 38.1. The van der Waals surface area contributed by atoms with E-state index in [0.717, 1.165) is 12.8 Å². The third-order valence-electron chi connectivity index (χ3n) is 6.54. The number of nitrogens with one attached hydrogen (secondary N) is 1. The lowest BCUT2D eigenvalue weighted by Gasteiger charge is -2.22. The molecule has 0 heterocycles. The minimum absolute atomic E-state index is 0.132. The summed E-state index contributed by atoms with van der Waals surface area (Å²) in [7, 11) is 0. The standard InChI is InChI=1S/C18H36O2.C11H12Cl2N2O5/c1-2-3-4-5-6-7-8-9-10-11-12-13-14-15-16-17-18(19)20;12-10(13)11(18)14-8(5-16)9(17)6-1-3-7(4-2-6)15(19)20/h2-17H2,1H3,(H,19,20);1-4,8-10,16-17H,5H2,(H,14,18)/t;8-,9-/m.1/s1. The number of nitrogens with zero attached hydrogens (tertiary/aromatic N) is 1. The molecule has 2 atom stereocenters. The Labute approximate surface area is 248 Å². The molecule has 1 rings (SSSR count). The van der Waals surface area contributed by atoms with Crippen molar-refractivity contribution in [2.45, 2.75) is 127 Å². The first-order valence-corrected chi connectivity index (χ1v) is 15.3. The number of nitro benzene ring substituents is 1. The summed E-state index contributed by atoms with van der Waals surface area (Å²) in [5, 5.41) is 40.5. The fourth-order valence-electron chi connectivity index (χ4n) is 4.14. The molecule has 0 aliphatic heterocycles. The van der Waals surface area contributed by atoms with Gasteiger partial charge < -0.3 is 20.6 Å². The average molecular weight is 608 g/mol. The van der Waals surface area contributed by atoms with E-state index < -0.39 is 40.4 Å². The fourth-order valence-corrected chi connectivity index (χ4v) is 4.27. The van der Waals surface area contributed by atoms with Crippen molar-refractivity contribution >= 4 is 40.8 Å². The van der Waals surface area contributed by atoms with Crippen LogP contribution >= 0.6 is 23.2 Å². The van der Waals surface area contributed by atoms with Crippen LogP contribution in [0.1, 0.15) is 121 Å². The van der Waals surface area contributed by atoms with Crippen LogP contribution in [0.2, 0.25) is 0 Å². The highest BCUT2D eigenvalue weighted by Gasteiger charge is 2.24. The molecule has 0 aromatic heterocycles. The van der Waals surface area contributed by atoms with Crippen LogP contribution in [-0.2, 0) is 9.59 Å². The topological polar surface area (TPSA) is 150 Å². The number of rotatable bonds is 22. The van der Waals surface area contributed by atoms with E-state index in [9.17, 15) is 24.8 Å². The van der Waals surface area contributed by atoms with Gasteiger partial charge in [-0.15, -0.1) is 0 Å². The number of carboxylic acid groups (broad SMARTS) is 1. The van der Waals surface area contributed by atoms with Crippen LogP contribution in [0.3, 0.4) is 0 Å². The molecule has 11 heteroatoms. The number of halogens is 2. The molecule has 0 saturated carbocycles. The number of aliphatic hydroxyl groups is 2. The smallest absolute Gasteiger partial charge is 0.303 e. The van der Waals surface area contributed by atoms with Gasteiger partial charge in [0.15, 0.2) is 4.84 Å². The Bertz CT molecular complexity index is 810. The molecule has 230 valence electrons. The van der Waals surface area contributed by atoms with E-state index in [1.54, 1.807) is 0 Å². The molecule has 0 radical (unpaired) electrons. The molecule has 1 aromatic carbocycles. The number of non-ortho nitro benzene ring substituents is 1. The zero-order valence-electron chi connectivity index (χ0n) is 23.7. The number of unbranched alkanes of at least 4 members (excludes halogenated alkanes) is 14. The minimum Gasteiger partial charge on any atom is -0.481 e. The summed E-state index contributed by atoms with van der Waals surface area (Å²) in [5.74, 6) is -1.41. The summed E-state index contributed by atoms with van der Waals surface area (Å²) in [6.45, 7) is 1.72. The van der Waals surface area contributed by atoms with Gasteiger partial charge in [-0.05, 0) is 24.1 Å². The van der Waals surface area contributed by atoms with Gasteiger partial charge in [0.2, 0.25) is 0 Å². The van der Waals surface area contributed by atoms with Crippen LogP contribution < -0.4 is 5.32 Å². The molecule has 1 amide bonds. The first-order chi connectivity index (χ1) is 19.1. The number of amides is 1. The zero-order chi connectivity index (χ0) is 30.2. The number of benzene rings is 1. The first-order valence-electron chi connectivity index (χ1n) is 14.5. The molecule has 0 bridgehead atoms. The molecule has 0 fully saturated rings. The van der Waals surface area contributed by atoms with E-state index in [4.69, 9.17) is 33.4 Å². The maximum Gasteiger partial charge on any atom is 0.303 e. The lowest BCUT2D eigenvalue weighted by Crippen LogP contribution is -2.44. The van der Waals surface area contributed by atoms with Crippen LogP contribution in [0.15, 0.2) is 24.3 Å². The lowest BCUT2D eigenvalue weighted by molar-refractivity contribution is -0.384. The van der Waals surface area contributed by atoms with Crippen LogP contribution in [0.25, 0.3) is 0 Å². The number of hydrogen-bond donors (Lipinski definition) is 4. The van der Waals surface area contributed by atoms with Crippen LogP contribution in [0.5, 0.6) is 0 Å². The number of hydrogen-bond acceptors (Lipinski definition) is 6. The Morgan fingerprint density at radius 1 is 0.850 bits per heavy atom. The SMILES string of the molecule is CCCCCCCCCCCCCCCCCC(=O)O.O=C(N[C@H](CO)[C@H](O)c1ccc([N+](=O)[O-])cc1)C(Cl)Cl. The third-order valence-corrected chi connectivity index (χ3v) is 6.94. The number of carbonyl (C=O) groups is 2. The van der Waals surface area contributed by atoms with E-state index >= 15 is 0 Å². The minimum atomic E-state index is -1.33. The van der Waals surface area contributed by atoms with E-state index in [0.29, 0.717) is 12.0 Å². The Kier molecular flexibility index (Phi) is 23.6. The van der Waals surface area contributed by atoms with Crippen molar-refractivity contribution in [1.82, 2.24) is 5.32 Å². The normalized spacial score (nSPS) is 12.3. The Balaban J connectivity index is 0.000000760. The number of nitro groups is 1. The van der Waals surface area contributed by atoms with Crippen molar-refractivity contribution in [2.75, 3.05) is 6.61 Å². The van der Waals surface area contributed by atoms with E-state index in [1.807, 2.05) is 0 Å². The summed E-state index contributed by atoms with van der Waals surface area (Å²) >= 11 is 10.7. The van der Waals surface area contributed by atoms with Crippen molar-refractivity contribution in [3.8, 4) is 0 Å². The Morgan fingerprint density at radius 3 is 1.62 bits per heavy atom. The lowest BCUT2D eigenvalue weighted by atomic mass is 10.0. The predicted molar refractivity (Wildman–Crippen MR) is 160 cm³/mol. The molecule has 0 spiro atoms. The second-order valence-electron chi connectivity index (χ2n) is 9.99. The molecule has 0 unspecified atom stereocenters. The molecule has 0 aliphatic carbocycles. The molecule has 4 N–H and O–H groups in total. The average Bonchev–Trinajstić information content (AvgIpc) is 2.93. The van der Waals surface area contributed by atoms with E-state index in [2.05, 4.69) is 12.2 Å². The van der Waals surface area contributed by atoms with Crippen molar-refractivity contribution in [3.05, 3.63) is 39.9 Å². The number of carbonyl (C=O) groups excluding carboxylic acids is 1. The summed E-state index contributed by atoms with van der Waals surface area (Å²) in [4.78, 5) is 30.2. The molecular formula is C29H48Cl2N2O7. The number of aliphatic carboxylic acids is 1. The monoisotopic (exact) mass is 606 g/mol. The van der Waals surface area contributed by atoms with Crippen LogP contribution in [0, 0.1) is 10.1 Å². The third kappa shape index (κ3) is 20.0. The van der Waals surface area contributed by atoms with Crippen molar-refractivity contribution in [2.24, 2.45) is 0 Å².